The summed E-state index contributed by atoms with van der Waals surface area (Å²) in [6.45, 7) is 1.94. The first kappa shape index (κ1) is 12.3. The zero-order valence-electron chi connectivity index (χ0n) is 10.6. The van der Waals surface area contributed by atoms with Crippen LogP contribution < -0.4 is 5.73 Å². The average molecular weight is 269 g/mol. The lowest BCUT2D eigenvalue weighted by Gasteiger charge is -2.04. The molecule has 96 valence electrons. The van der Waals surface area contributed by atoms with Crippen molar-refractivity contribution in [1.29, 1.82) is 0 Å². The highest BCUT2D eigenvalue weighted by Gasteiger charge is 2.04. The molecule has 3 rings (SSSR count). The Hall–Kier alpha value is -1.78. The minimum Gasteiger partial charge on any atom is -0.349 e. The highest BCUT2D eigenvalue weighted by molar-refractivity contribution is 7.99. The van der Waals surface area contributed by atoms with Gasteiger partial charge in [-0.2, -0.15) is 0 Å². The first-order chi connectivity index (χ1) is 9.22. The third-order valence-corrected chi connectivity index (χ3v) is 3.88. The molecule has 19 heavy (non-hydrogen) atoms. The van der Waals surface area contributed by atoms with E-state index in [-0.39, 0.29) is 6.04 Å². The average Bonchev–Trinajstić information content (AvgIpc) is 2.81. The number of hydrogen-bond acceptors (Lipinski definition) is 3. The summed E-state index contributed by atoms with van der Waals surface area (Å²) in [5.41, 5.74) is 7.87. The zero-order valence-corrected chi connectivity index (χ0v) is 11.4. The van der Waals surface area contributed by atoms with Crippen molar-refractivity contribution in [3.63, 3.8) is 0 Å². The molecule has 0 aliphatic rings. The zero-order chi connectivity index (χ0) is 13.2. The molecule has 3 aromatic rings. The number of H-pyrrole nitrogens is 1. The molecule has 0 spiro atoms. The fourth-order valence-electron chi connectivity index (χ4n) is 1.95. The molecule has 0 radical (unpaired) electrons. The van der Waals surface area contributed by atoms with Crippen molar-refractivity contribution in [3.8, 4) is 0 Å². The van der Waals surface area contributed by atoms with Crippen LogP contribution in [0.4, 0.5) is 0 Å². The predicted octanol–water partition coefficient (Wildman–Crippen LogP) is 3.73. The molecule has 3 N–H and O–H groups in total. The molecular weight excluding hydrogens is 254 g/mol. The fourth-order valence-corrected chi connectivity index (χ4v) is 2.79. The fraction of sp³-hybridized carbons (Fsp3) is 0.133. The standard InChI is InChI=1S/C15H15N3S/c1-10(16)13-7-6-12(9-17-13)19-15-8-11-4-2-3-5-14(11)18-15/h2-10,18H,16H2,1H3/t10-/m1/s1. The van der Waals surface area contributed by atoms with Gasteiger partial charge < -0.3 is 10.7 Å². The van der Waals surface area contributed by atoms with E-state index in [1.54, 1.807) is 11.8 Å². The Labute approximate surface area is 116 Å². The van der Waals surface area contributed by atoms with Crippen LogP contribution in [0, 0.1) is 0 Å². The molecule has 4 heteroatoms. The molecule has 0 unspecified atom stereocenters. The summed E-state index contributed by atoms with van der Waals surface area (Å²) in [6, 6.07) is 14.4. The molecule has 0 bridgehead atoms. The van der Waals surface area contributed by atoms with Gasteiger partial charge in [-0.05, 0) is 31.2 Å². The molecule has 1 aromatic carbocycles. The van der Waals surface area contributed by atoms with Crippen LogP contribution in [0.5, 0.6) is 0 Å². The van der Waals surface area contributed by atoms with Gasteiger partial charge >= 0.3 is 0 Å². The van der Waals surface area contributed by atoms with Gasteiger partial charge in [-0.1, -0.05) is 30.0 Å². The van der Waals surface area contributed by atoms with Crippen molar-refractivity contribution in [2.75, 3.05) is 0 Å². The third-order valence-electron chi connectivity index (χ3n) is 2.96. The second-order valence-electron chi connectivity index (χ2n) is 4.53. The number of aromatic amines is 1. The van der Waals surface area contributed by atoms with Gasteiger partial charge in [-0.25, -0.2) is 0 Å². The number of fused-ring (bicyclic) bond motifs is 1. The number of para-hydroxylation sites is 1. The quantitative estimate of drug-likeness (QED) is 0.761. The monoisotopic (exact) mass is 269 g/mol. The number of rotatable bonds is 3. The summed E-state index contributed by atoms with van der Waals surface area (Å²) in [4.78, 5) is 8.87. The Balaban J connectivity index is 1.84. The summed E-state index contributed by atoms with van der Waals surface area (Å²) in [6.07, 6.45) is 1.87. The number of nitrogens with two attached hydrogens (primary N) is 1. The third kappa shape index (κ3) is 2.64. The van der Waals surface area contributed by atoms with Gasteiger partial charge in [0, 0.05) is 28.0 Å². The smallest absolute Gasteiger partial charge is 0.0781 e. The van der Waals surface area contributed by atoms with Gasteiger partial charge in [0.2, 0.25) is 0 Å². The van der Waals surface area contributed by atoms with Crippen molar-refractivity contribution < 1.29 is 0 Å². The predicted molar refractivity (Wildman–Crippen MR) is 79.3 cm³/mol. The van der Waals surface area contributed by atoms with Crippen molar-refractivity contribution >= 4 is 22.7 Å². The van der Waals surface area contributed by atoms with Crippen LogP contribution in [0.3, 0.4) is 0 Å². The van der Waals surface area contributed by atoms with Crippen LogP contribution in [0.15, 0.2) is 58.6 Å². The van der Waals surface area contributed by atoms with E-state index in [0.717, 1.165) is 21.1 Å². The van der Waals surface area contributed by atoms with Crippen LogP contribution in [-0.2, 0) is 0 Å². The lowest BCUT2D eigenvalue weighted by Crippen LogP contribution is -2.06. The number of aromatic nitrogens is 2. The molecule has 2 aromatic heterocycles. The molecular formula is C15H15N3S. The largest absolute Gasteiger partial charge is 0.349 e. The maximum absolute atomic E-state index is 5.79. The van der Waals surface area contributed by atoms with Crippen molar-refractivity contribution in [1.82, 2.24) is 9.97 Å². The number of hydrogen-bond donors (Lipinski definition) is 2. The lowest BCUT2D eigenvalue weighted by atomic mass is 10.2. The van der Waals surface area contributed by atoms with Gasteiger partial charge in [-0.15, -0.1) is 0 Å². The van der Waals surface area contributed by atoms with E-state index in [4.69, 9.17) is 5.73 Å². The van der Waals surface area contributed by atoms with Crippen LogP contribution in [-0.4, -0.2) is 9.97 Å². The Morgan fingerprint density at radius 1 is 1.21 bits per heavy atom. The Morgan fingerprint density at radius 3 is 2.74 bits per heavy atom. The second kappa shape index (κ2) is 5.07. The summed E-state index contributed by atoms with van der Waals surface area (Å²) in [5.74, 6) is 0. The number of pyridine rings is 1. The van der Waals surface area contributed by atoms with Crippen molar-refractivity contribution in [3.05, 3.63) is 54.4 Å². The second-order valence-corrected chi connectivity index (χ2v) is 5.65. The molecule has 0 saturated carbocycles. The van der Waals surface area contributed by atoms with Gasteiger partial charge in [0.05, 0.1) is 10.7 Å². The van der Waals surface area contributed by atoms with Crippen molar-refractivity contribution in [2.45, 2.75) is 22.9 Å². The van der Waals surface area contributed by atoms with Crippen LogP contribution in [0.25, 0.3) is 10.9 Å². The Morgan fingerprint density at radius 2 is 2.05 bits per heavy atom. The molecule has 1 atom stereocenters. The van der Waals surface area contributed by atoms with E-state index in [9.17, 15) is 0 Å². The van der Waals surface area contributed by atoms with E-state index in [1.807, 2.05) is 31.3 Å². The minimum absolute atomic E-state index is 0.0212. The Bertz CT molecular complexity index is 653. The number of nitrogens with one attached hydrogen (secondary N) is 1. The summed E-state index contributed by atoms with van der Waals surface area (Å²) < 4.78 is 0. The van der Waals surface area contributed by atoms with E-state index in [1.165, 1.54) is 5.39 Å². The molecule has 3 nitrogen and oxygen atoms in total. The summed E-state index contributed by atoms with van der Waals surface area (Å²) in [7, 11) is 0. The highest BCUT2D eigenvalue weighted by atomic mass is 32.2. The molecule has 2 heterocycles. The normalized spacial score (nSPS) is 12.7. The van der Waals surface area contributed by atoms with E-state index < -0.39 is 0 Å². The molecule has 0 amide bonds. The molecule has 0 saturated heterocycles. The molecule has 0 aliphatic heterocycles. The molecule has 0 aliphatic carbocycles. The maximum Gasteiger partial charge on any atom is 0.0781 e. The SMILES string of the molecule is C[C@@H](N)c1ccc(Sc2cc3ccccc3[nH]2)cn1. The van der Waals surface area contributed by atoms with Crippen LogP contribution >= 0.6 is 11.8 Å². The molecule has 0 fully saturated rings. The van der Waals surface area contributed by atoms with Gasteiger partial charge in [0.1, 0.15) is 0 Å². The van der Waals surface area contributed by atoms with E-state index in [0.29, 0.717) is 0 Å². The topological polar surface area (TPSA) is 54.7 Å². The highest BCUT2D eigenvalue weighted by Crippen LogP contribution is 2.29. The van der Waals surface area contributed by atoms with Crippen molar-refractivity contribution in [2.24, 2.45) is 5.73 Å². The first-order valence-electron chi connectivity index (χ1n) is 6.19. The lowest BCUT2D eigenvalue weighted by molar-refractivity contribution is 0.777. The van der Waals surface area contributed by atoms with Gasteiger partial charge in [0.25, 0.3) is 0 Å². The number of benzene rings is 1. The number of nitrogens with zero attached hydrogens (tertiary/aromatic N) is 1. The van der Waals surface area contributed by atoms with E-state index in [2.05, 4.69) is 34.2 Å². The summed E-state index contributed by atoms with van der Waals surface area (Å²) >= 11 is 1.67. The first-order valence-corrected chi connectivity index (χ1v) is 7.01. The van der Waals surface area contributed by atoms with Crippen LogP contribution in [0.2, 0.25) is 0 Å². The summed E-state index contributed by atoms with van der Waals surface area (Å²) in [5, 5.41) is 2.35. The minimum atomic E-state index is -0.0212. The van der Waals surface area contributed by atoms with Gasteiger partial charge in [-0.3, -0.25) is 4.98 Å². The van der Waals surface area contributed by atoms with Gasteiger partial charge in [0.15, 0.2) is 0 Å². The Kier molecular flexibility index (Phi) is 3.27. The van der Waals surface area contributed by atoms with E-state index >= 15 is 0 Å². The van der Waals surface area contributed by atoms with Crippen LogP contribution in [0.1, 0.15) is 18.7 Å². The maximum atomic E-state index is 5.79.